The highest BCUT2D eigenvalue weighted by Crippen LogP contribution is 2.25. The van der Waals surface area contributed by atoms with Gasteiger partial charge in [-0.2, -0.15) is 0 Å². The molecule has 16 heavy (non-hydrogen) atoms. The fourth-order valence-corrected chi connectivity index (χ4v) is 3.04. The van der Waals surface area contributed by atoms with E-state index in [0.29, 0.717) is 12.1 Å². The molecule has 1 aromatic rings. The van der Waals surface area contributed by atoms with E-state index in [-0.39, 0.29) is 0 Å². The topological polar surface area (TPSA) is 37.0 Å². The first kappa shape index (κ1) is 12.3. The Balaban J connectivity index is 2.07. The van der Waals surface area contributed by atoms with Crippen LogP contribution in [0.3, 0.4) is 0 Å². The molecular weight excluding hydrogens is 334 g/mol. The van der Waals surface area contributed by atoms with E-state index in [4.69, 9.17) is 0 Å². The van der Waals surface area contributed by atoms with Gasteiger partial charge in [0.15, 0.2) is 0 Å². The van der Waals surface area contributed by atoms with E-state index in [1.165, 1.54) is 12.8 Å². The fraction of sp³-hybridized carbons (Fsp3) is 0.545. The zero-order valence-corrected chi connectivity index (χ0v) is 12.3. The maximum absolute atomic E-state index is 4.37. The van der Waals surface area contributed by atoms with Gasteiger partial charge in [0.1, 0.15) is 5.82 Å². The van der Waals surface area contributed by atoms with Gasteiger partial charge in [-0.1, -0.05) is 0 Å². The van der Waals surface area contributed by atoms with Crippen molar-refractivity contribution in [2.45, 2.75) is 31.8 Å². The minimum Gasteiger partial charge on any atom is -0.365 e. The smallest absolute Gasteiger partial charge is 0.140 e. The van der Waals surface area contributed by atoms with E-state index in [9.17, 15) is 0 Å². The zero-order valence-electron chi connectivity index (χ0n) is 9.13. The fourth-order valence-electron chi connectivity index (χ4n) is 1.94. The molecule has 1 saturated heterocycles. The van der Waals surface area contributed by atoms with Crippen LogP contribution in [0.1, 0.15) is 19.8 Å². The highest BCUT2D eigenvalue weighted by atomic mass is 79.9. The number of nitrogens with one attached hydrogen (secondary N) is 2. The lowest BCUT2D eigenvalue weighted by Crippen LogP contribution is -2.46. The van der Waals surface area contributed by atoms with Crippen molar-refractivity contribution in [2.75, 3.05) is 11.9 Å². The Morgan fingerprint density at radius 2 is 2.31 bits per heavy atom. The molecule has 1 fully saturated rings. The first-order chi connectivity index (χ1) is 7.66. The lowest BCUT2D eigenvalue weighted by Gasteiger charge is -2.31. The number of hydrogen-bond donors (Lipinski definition) is 2. The van der Waals surface area contributed by atoms with E-state index in [2.05, 4.69) is 54.4 Å². The van der Waals surface area contributed by atoms with E-state index in [1.807, 2.05) is 12.3 Å². The molecule has 2 unspecified atom stereocenters. The van der Waals surface area contributed by atoms with Gasteiger partial charge in [-0.05, 0) is 64.2 Å². The number of pyridine rings is 1. The van der Waals surface area contributed by atoms with E-state index < -0.39 is 0 Å². The molecule has 1 aliphatic rings. The normalized spacial score (nSPS) is 25.4. The van der Waals surface area contributed by atoms with Crippen LogP contribution < -0.4 is 10.6 Å². The van der Waals surface area contributed by atoms with Gasteiger partial charge >= 0.3 is 0 Å². The van der Waals surface area contributed by atoms with Gasteiger partial charge in [-0.25, -0.2) is 4.98 Å². The van der Waals surface area contributed by atoms with Gasteiger partial charge in [-0.3, -0.25) is 0 Å². The molecule has 0 radical (unpaired) electrons. The Bertz CT molecular complexity index is 370. The van der Waals surface area contributed by atoms with Gasteiger partial charge in [0.25, 0.3) is 0 Å². The Kier molecular flexibility index (Phi) is 4.21. The number of piperidine rings is 1. The van der Waals surface area contributed by atoms with Crippen molar-refractivity contribution in [1.82, 2.24) is 10.3 Å². The van der Waals surface area contributed by atoms with Crippen LogP contribution in [0.2, 0.25) is 0 Å². The van der Waals surface area contributed by atoms with Crippen molar-refractivity contribution in [3.8, 4) is 0 Å². The number of nitrogens with zero attached hydrogens (tertiary/aromatic N) is 1. The molecule has 1 aromatic heterocycles. The van der Waals surface area contributed by atoms with Crippen molar-refractivity contribution < 1.29 is 0 Å². The molecule has 2 heterocycles. The minimum absolute atomic E-state index is 0.457. The van der Waals surface area contributed by atoms with Gasteiger partial charge < -0.3 is 10.6 Å². The second kappa shape index (κ2) is 5.47. The lowest BCUT2D eigenvalue weighted by atomic mass is 10.00. The maximum atomic E-state index is 4.37. The molecule has 0 bridgehead atoms. The SMILES string of the molecule is CC1NCCCC1Nc1ncc(Br)cc1Br. The molecule has 1 aliphatic heterocycles. The Labute approximate surface area is 113 Å². The highest BCUT2D eigenvalue weighted by Gasteiger charge is 2.21. The summed E-state index contributed by atoms with van der Waals surface area (Å²) >= 11 is 6.92. The second-order valence-corrected chi connectivity index (χ2v) is 5.89. The zero-order chi connectivity index (χ0) is 11.5. The van der Waals surface area contributed by atoms with Crippen LogP contribution in [-0.4, -0.2) is 23.6 Å². The van der Waals surface area contributed by atoms with Crippen molar-refractivity contribution in [3.05, 3.63) is 21.2 Å². The molecule has 2 atom stereocenters. The molecule has 2 rings (SSSR count). The monoisotopic (exact) mass is 347 g/mol. The number of aromatic nitrogens is 1. The van der Waals surface area contributed by atoms with Crippen LogP contribution >= 0.6 is 31.9 Å². The molecular formula is C11H15Br2N3. The molecule has 0 amide bonds. The van der Waals surface area contributed by atoms with Crippen LogP contribution in [-0.2, 0) is 0 Å². The summed E-state index contributed by atoms with van der Waals surface area (Å²) in [7, 11) is 0. The van der Waals surface area contributed by atoms with Gasteiger partial charge in [0, 0.05) is 22.8 Å². The van der Waals surface area contributed by atoms with Crippen molar-refractivity contribution in [2.24, 2.45) is 0 Å². The number of hydrogen-bond acceptors (Lipinski definition) is 3. The maximum Gasteiger partial charge on any atom is 0.140 e. The quantitative estimate of drug-likeness (QED) is 0.862. The molecule has 0 saturated carbocycles. The third-order valence-corrected chi connectivity index (χ3v) is 3.93. The van der Waals surface area contributed by atoms with E-state index >= 15 is 0 Å². The number of halogens is 2. The molecule has 88 valence electrons. The average molecular weight is 349 g/mol. The summed E-state index contributed by atoms with van der Waals surface area (Å²) < 4.78 is 1.99. The summed E-state index contributed by atoms with van der Waals surface area (Å²) in [5.74, 6) is 0.920. The van der Waals surface area contributed by atoms with Crippen molar-refractivity contribution >= 4 is 37.7 Å². The first-order valence-electron chi connectivity index (χ1n) is 5.48. The summed E-state index contributed by atoms with van der Waals surface area (Å²) in [6.45, 7) is 3.33. The molecule has 0 aromatic carbocycles. The largest absolute Gasteiger partial charge is 0.365 e. The second-order valence-electron chi connectivity index (χ2n) is 4.12. The minimum atomic E-state index is 0.457. The molecule has 5 heteroatoms. The Morgan fingerprint density at radius 1 is 1.50 bits per heavy atom. The summed E-state index contributed by atoms with van der Waals surface area (Å²) in [6, 6.07) is 2.96. The Morgan fingerprint density at radius 3 is 3.00 bits per heavy atom. The summed E-state index contributed by atoms with van der Waals surface area (Å²) in [5.41, 5.74) is 0. The van der Waals surface area contributed by atoms with Gasteiger partial charge in [0.2, 0.25) is 0 Å². The predicted octanol–water partition coefficient (Wildman–Crippen LogP) is 3.16. The number of rotatable bonds is 2. The van der Waals surface area contributed by atoms with E-state index in [1.54, 1.807) is 0 Å². The summed E-state index contributed by atoms with van der Waals surface area (Å²) in [5, 5.41) is 6.95. The van der Waals surface area contributed by atoms with Crippen LogP contribution in [0.5, 0.6) is 0 Å². The van der Waals surface area contributed by atoms with Crippen LogP contribution in [0, 0.1) is 0 Å². The third kappa shape index (κ3) is 2.96. The van der Waals surface area contributed by atoms with Crippen LogP contribution in [0.25, 0.3) is 0 Å². The third-order valence-electron chi connectivity index (χ3n) is 2.89. The number of anilines is 1. The highest BCUT2D eigenvalue weighted by molar-refractivity contribution is 9.11. The van der Waals surface area contributed by atoms with Gasteiger partial charge in [0.05, 0.1) is 4.47 Å². The lowest BCUT2D eigenvalue weighted by molar-refractivity contribution is 0.388. The van der Waals surface area contributed by atoms with E-state index in [0.717, 1.165) is 21.3 Å². The van der Waals surface area contributed by atoms with Crippen LogP contribution in [0.4, 0.5) is 5.82 Å². The Hall–Kier alpha value is -0.130. The molecule has 0 aliphatic carbocycles. The summed E-state index contributed by atoms with van der Waals surface area (Å²) in [6.07, 6.45) is 4.22. The van der Waals surface area contributed by atoms with Crippen LogP contribution in [0.15, 0.2) is 21.2 Å². The molecule has 0 spiro atoms. The van der Waals surface area contributed by atoms with Crippen molar-refractivity contribution in [1.29, 1.82) is 0 Å². The van der Waals surface area contributed by atoms with Crippen molar-refractivity contribution in [3.63, 3.8) is 0 Å². The van der Waals surface area contributed by atoms with Gasteiger partial charge in [-0.15, -0.1) is 0 Å². The molecule has 2 N–H and O–H groups in total. The summed E-state index contributed by atoms with van der Waals surface area (Å²) in [4.78, 5) is 4.37. The standard InChI is InChI=1S/C11H15Br2N3/c1-7-10(3-2-4-14-7)16-11-9(13)5-8(12)6-15-11/h5-7,10,14H,2-4H2,1H3,(H,15,16). The first-order valence-corrected chi connectivity index (χ1v) is 7.06. The average Bonchev–Trinajstić information content (AvgIpc) is 2.25. The molecule has 3 nitrogen and oxygen atoms in total. The predicted molar refractivity (Wildman–Crippen MR) is 73.7 cm³/mol.